The Bertz CT molecular complexity index is 698. The molecule has 2 rings (SSSR count). The third kappa shape index (κ3) is 2.44. The van der Waals surface area contributed by atoms with Crippen molar-refractivity contribution in [3.05, 3.63) is 52.2 Å². The Balaban J connectivity index is 2.67. The quantitative estimate of drug-likeness (QED) is 0.623. The van der Waals surface area contributed by atoms with E-state index in [9.17, 15) is 22.4 Å². The van der Waals surface area contributed by atoms with Crippen LogP contribution in [0.2, 0.25) is 0 Å². The number of hydrogen-bond donors (Lipinski definition) is 2. The van der Waals surface area contributed by atoms with Gasteiger partial charge in [0.15, 0.2) is 5.82 Å². The summed E-state index contributed by atoms with van der Waals surface area (Å²) in [6.45, 7) is 0. The maximum Gasteiger partial charge on any atom is 0.417 e. The molecule has 0 radical (unpaired) electrons. The Morgan fingerprint density at radius 2 is 1.60 bits per heavy atom. The fraction of sp³-hybridized carbons (Fsp3) is 0.0833. The highest BCUT2D eigenvalue weighted by Crippen LogP contribution is 2.29. The average Bonchev–Trinajstić information content (AvgIpc) is 2.34. The van der Waals surface area contributed by atoms with Crippen molar-refractivity contribution < 1.29 is 17.6 Å². The Labute approximate surface area is 110 Å². The van der Waals surface area contributed by atoms with Gasteiger partial charge in [-0.1, -0.05) is 0 Å². The lowest BCUT2D eigenvalue weighted by molar-refractivity contribution is -0.138. The standard InChI is InChI=1S/C12H9F4N3O/c13-11-8(17)3-7(4-9(11)18)19-5-6(12(14,15)16)1-2-10(19)20/h1-5H,17-18H2. The summed E-state index contributed by atoms with van der Waals surface area (Å²) in [5.41, 5.74) is 8.19. The molecule has 0 saturated carbocycles. The number of aromatic nitrogens is 1. The summed E-state index contributed by atoms with van der Waals surface area (Å²) in [4.78, 5) is 11.6. The van der Waals surface area contributed by atoms with Gasteiger partial charge in [-0.25, -0.2) is 4.39 Å². The van der Waals surface area contributed by atoms with E-state index in [-0.39, 0.29) is 17.1 Å². The van der Waals surface area contributed by atoms with Crippen LogP contribution in [-0.2, 0) is 6.18 Å². The molecule has 2 aromatic rings. The van der Waals surface area contributed by atoms with Crippen molar-refractivity contribution in [2.75, 3.05) is 11.5 Å². The smallest absolute Gasteiger partial charge is 0.396 e. The van der Waals surface area contributed by atoms with Gasteiger partial charge in [-0.05, 0) is 18.2 Å². The van der Waals surface area contributed by atoms with Crippen molar-refractivity contribution >= 4 is 11.4 Å². The summed E-state index contributed by atoms with van der Waals surface area (Å²) in [7, 11) is 0. The van der Waals surface area contributed by atoms with E-state index in [1.54, 1.807) is 0 Å². The van der Waals surface area contributed by atoms with Crippen molar-refractivity contribution in [1.82, 2.24) is 4.57 Å². The molecule has 0 atom stereocenters. The summed E-state index contributed by atoms with van der Waals surface area (Å²) in [5, 5.41) is 0. The molecule has 0 aliphatic heterocycles. The molecule has 8 heteroatoms. The molecule has 1 aromatic heterocycles. The zero-order chi connectivity index (χ0) is 15.1. The van der Waals surface area contributed by atoms with Crippen LogP contribution in [0.15, 0.2) is 35.3 Å². The van der Waals surface area contributed by atoms with E-state index in [0.717, 1.165) is 18.2 Å². The van der Waals surface area contributed by atoms with E-state index in [0.29, 0.717) is 16.8 Å². The highest BCUT2D eigenvalue weighted by molar-refractivity contribution is 5.60. The number of hydrogen-bond acceptors (Lipinski definition) is 3. The number of alkyl halides is 3. The SMILES string of the molecule is Nc1cc(-n2cc(C(F)(F)F)ccc2=O)cc(N)c1F. The van der Waals surface area contributed by atoms with Crippen molar-refractivity contribution in [3.8, 4) is 5.69 Å². The molecule has 0 saturated heterocycles. The van der Waals surface area contributed by atoms with E-state index in [4.69, 9.17) is 11.5 Å². The molecule has 0 aliphatic carbocycles. The summed E-state index contributed by atoms with van der Waals surface area (Å²) < 4.78 is 51.8. The molecule has 1 aromatic carbocycles. The molecule has 0 aliphatic rings. The zero-order valence-electron chi connectivity index (χ0n) is 9.91. The van der Waals surface area contributed by atoms with Crippen molar-refractivity contribution in [3.63, 3.8) is 0 Å². The molecular weight excluding hydrogens is 278 g/mol. The van der Waals surface area contributed by atoms with E-state index in [1.165, 1.54) is 0 Å². The predicted octanol–water partition coefficient (Wildman–Crippen LogP) is 2.16. The first-order chi connectivity index (χ1) is 9.20. The molecule has 0 amide bonds. The maximum absolute atomic E-state index is 13.3. The van der Waals surface area contributed by atoms with Gasteiger partial charge < -0.3 is 11.5 Å². The summed E-state index contributed by atoms with van der Waals surface area (Å²) in [6, 6.07) is 3.49. The predicted molar refractivity (Wildman–Crippen MR) is 65.8 cm³/mol. The molecule has 20 heavy (non-hydrogen) atoms. The lowest BCUT2D eigenvalue weighted by Gasteiger charge is -2.12. The minimum absolute atomic E-state index is 0.0440. The summed E-state index contributed by atoms with van der Waals surface area (Å²) in [6.07, 6.45) is -4.00. The number of benzene rings is 1. The minimum atomic E-state index is -4.60. The van der Waals surface area contributed by atoms with Crippen molar-refractivity contribution in [2.45, 2.75) is 6.18 Å². The van der Waals surface area contributed by atoms with Gasteiger partial charge in [0.05, 0.1) is 22.6 Å². The van der Waals surface area contributed by atoms with E-state index >= 15 is 0 Å². The summed E-state index contributed by atoms with van der Waals surface area (Å²) >= 11 is 0. The molecule has 0 spiro atoms. The van der Waals surface area contributed by atoms with Gasteiger partial charge in [-0.2, -0.15) is 13.2 Å². The van der Waals surface area contributed by atoms with E-state index in [2.05, 4.69) is 0 Å². The topological polar surface area (TPSA) is 74.0 Å². The third-order valence-corrected chi connectivity index (χ3v) is 2.63. The van der Waals surface area contributed by atoms with Gasteiger partial charge in [-0.3, -0.25) is 9.36 Å². The fourth-order valence-corrected chi connectivity index (χ4v) is 1.65. The largest absolute Gasteiger partial charge is 0.417 e. The summed E-state index contributed by atoms with van der Waals surface area (Å²) in [5.74, 6) is -0.881. The highest BCUT2D eigenvalue weighted by atomic mass is 19.4. The van der Waals surface area contributed by atoms with Crippen LogP contribution in [0.1, 0.15) is 5.56 Å². The Morgan fingerprint density at radius 1 is 1.05 bits per heavy atom. The first kappa shape index (κ1) is 13.9. The van der Waals surface area contributed by atoms with Crippen LogP contribution in [0.3, 0.4) is 0 Å². The normalized spacial score (nSPS) is 11.6. The van der Waals surface area contributed by atoms with Gasteiger partial charge in [-0.15, -0.1) is 0 Å². The first-order valence-corrected chi connectivity index (χ1v) is 5.35. The van der Waals surface area contributed by atoms with Crippen LogP contribution < -0.4 is 17.0 Å². The number of nitrogen functional groups attached to an aromatic ring is 2. The molecule has 4 N–H and O–H groups in total. The van der Waals surface area contributed by atoms with Crippen molar-refractivity contribution in [1.29, 1.82) is 0 Å². The highest BCUT2D eigenvalue weighted by Gasteiger charge is 2.31. The lowest BCUT2D eigenvalue weighted by atomic mass is 10.2. The zero-order valence-corrected chi connectivity index (χ0v) is 9.91. The molecule has 1 heterocycles. The molecule has 0 unspecified atom stereocenters. The number of halogens is 4. The van der Waals surface area contributed by atoms with Crippen molar-refractivity contribution in [2.24, 2.45) is 0 Å². The Hall–Kier alpha value is -2.51. The first-order valence-electron chi connectivity index (χ1n) is 5.35. The molecule has 106 valence electrons. The fourth-order valence-electron chi connectivity index (χ4n) is 1.65. The number of anilines is 2. The van der Waals surface area contributed by atoms with Crippen LogP contribution in [0.5, 0.6) is 0 Å². The molecule has 0 fully saturated rings. The third-order valence-electron chi connectivity index (χ3n) is 2.63. The molecular formula is C12H9F4N3O. The Kier molecular flexibility index (Phi) is 3.16. The average molecular weight is 287 g/mol. The minimum Gasteiger partial charge on any atom is -0.396 e. The van der Waals surface area contributed by atoms with Gasteiger partial charge in [0, 0.05) is 12.3 Å². The van der Waals surface area contributed by atoms with E-state index in [1.807, 2.05) is 0 Å². The van der Waals surface area contributed by atoms with Crippen LogP contribution in [0, 0.1) is 5.82 Å². The van der Waals surface area contributed by atoms with Crippen LogP contribution in [0.25, 0.3) is 5.69 Å². The second-order valence-corrected chi connectivity index (χ2v) is 4.06. The monoisotopic (exact) mass is 287 g/mol. The van der Waals surface area contributed by atoms with Gasteiger partial charge in [0.2, 0.25) is 0 Å². The number of nitrogens with zero attached hydrogens (tertiary/aromatic N) is 1. The second kappa shape index (κ2) is 4.55. The molecule has 4 nitrogen and oxygen atoms in total. The van der Waals surface area contributed by atoms with Gasteiger partial charge in [0.1, 0.15) is 0 Å². The number of pyridine rings is 1. The maximum atomic E-state index is 13.3. The van der Waals surface area contributed by atoms with Crippen LogP contribution in [-0.4, -0.2) is 4.57 Å². The van der Waals surface area contributed by atoms with Gasteiger partial charge >= 0.3 is 6.18 Å². The number of nitrogens with two attached hydrogens (primary N) is 2. The lowest BCUT2D eigenvalue weighted by Crippen LogP contribution is -2.20. The number of rotatable bonds is 1. The Morgan fingerprint density at radius 3 is 2.10 bits per heavy atom. The van der Waals surface area contributed by atoms with Gasteiger partial charge in [0.25, 0.3) is 5.56 Å². The van der Waals surface area contributed by atoms with Crippen LogP contribution >= 0.6 is 0 Å². The second-order valence-electron chi connectivity index (χ2n) is 4.06. The van der Waals surface area contributed by atoms with Crippen LogP contribution in [0.4, 0.5) is 28.9 Å². The molecule has 0 bridgehead atoms. The van der Waals surface area contributed by atoms with E-state index < -0.39 is 23.1 Å².